The normalized spacial score (nSPS) is 11.3. The van der Waals surface area contributed by atoms with E-state index in [1.807, 2.05) is 60.7 Å². The molecule has 5 heteroatoms. The standard InChI is InChI=1S/C25H17F2N2P/c26-18-15-16-21(27)24(17-18)29-23-14-8-7-13-22(23)28-25(29)30(19-9-3-1-4-10-19)20-11-5-2-6-12-20/h1-17H. The van der Waals surface area contributed by atoms with Gasteiger partial charge in [-0.25, -0.2) is 13.8 Å². The van der Waals surface area contributed by atoms with Crippen molar-refractivity contribution < 1.29 is 8.78 Å². The van der Waals surface area contributed by atoms with E-state index in [9.17, 15) is 8.78 Å². The Morgan fingerprint density at radius 2 is 1.27 bits per heavy atom. The average Bonchev–Trinajstić information content (AvgIpc) is 3.16. The van der Waals surface area contributed by atoms with Crippen molar-refractivity contribution in [2.45, 2.75) is 0 Å². The molecule has 0 amide bonds. The minimum Gasteiger partial charge on any atom is -0.289 e. The van der Waals surface area contributed by atoms with Gasteiger partial charge < -0.3 is 0 Å². The molecule has 0 aliphatic heterocycles. The van der Waals surface area contributed by atoms with Crippen molar-refractivity contribution in [1.82, 2.24) is 9.55 Å². The summed E-state index contributed by atoms with van der Waals surface area (Å²) in [6.45, 7) is 0. The number of benzene rings is 4. The first-order valence-electron chi connectivity index (χ1n) is 9.55. The van der Waals surface area contributed by atoms with Gasteiger partial charge in [0.05, 0.1) is 16.7 Å². The molecule has 0 atom stereocenters. The van der Waals surface area contributed by atoms with Crippen LogP contribution >= 0.6 is 7.92 Å². The molecule has 0 aliphatic rings. The van der Waals surface area contributed by atoms with Crippen molar-refractivity contribution in [1.29, 1.82) is 0 Å². The van der Waals surface area contributed by atoms with Crippen LogP contribution in [0, 0.1) is 11.6 Å². The van der Waals surface area contributed by atoms with E-state index in [-0.39, 0.29) is 5.69 Å². The minimum absolute atomic E-state index is 0.165. The average molecular weight is 414 g/mol. The van der Waals surface area contributed by atoms with E-state index in [1.165, 1.54) is 6.07 Å². The molecule has 0 unspecified atom stereocenters. The zero-order chi connectivity index (χ0) is 20.5. The molecule has 30 heavy (non-hydrogen) atoms. The number of hydrogen-bond donors (Lipinski definition) is 0. The summed E-state index contributed by atoms with van der Waals surface area (Å²) >= 11 is 0. The Morgan fingerprint density at radius 3 is 1.93 bits per heavy atom. The molecule has 1 aromatic heterocycles. The molecule has 0 aliphatic carbocycles. The Bertz CT molecular complexity index is 1280. The summed E-state index contributed by atoms with van der Waals surface area (Å²) in [6, 6.07) is 31.2. The number of fused-ring (bicyclic) bond motifs is 1. The summed E-state index contributed by atoms with van der Waals surface area (Å²) in [5.41, 5.74) is 2.36. The molecular weight excluding hydrogens is 397 g/mol. The number of hydrogen-bond acceptors (Lipinski definition) is 1. The van der Waals surface area contributed by atoms with Gasteiger partial charge in [-0.2, -0.15) is 0 Å². The van der Waals surface area contributed by atoms with E-state index in [2.05, 4.69) is 24.3 Å². The lowest BCUT2D eigenvalue weighted by Gasteiger charge is -2.20. The minimum atomic E-state index is -1.10. The SMILES string of the molecule is Fc1ccc(F)c(-n2c(P(c3ccccc3)c3ccccc3)nc3ccccc32)c1. The largest absolute Gasteiger partial charge is 0.289 e. The lowest BCUT2D eigenvalue weighted by Crippen LogP contribution is -2.27. The van der Waals surface area contributed by atoms with Gasteiger partial charge >= 0.3 is 0 Å². The molecule has 0 saturated heterocycles. The summed E-state index contributed by atoms with van der Waals surface area (Å²) < 4.78 is 30.8. The zero-order valence-electron chi connectivity index (χ0n) is 15.9. The third-order valence-corrected chi connectivity index (χ3v) is 7.25. The van der Waals surface area contributed by atoms with Crippen LogP contribution in [0.5, 0.6) is 0 Å². The van der Waals surface area contributed by atoms with E-state index in [0.29, 0.717) is 5.57 Å². The number of aromatic nitrogens is 2. The topological polar surface area (TPSA) is 17.8 Å². The van der Waals surface area contributed by atoms with E-state index >= 15 is 0 Å². The number of nitrogens with zero attached hydrogens (tertiary/aromatic N) is 2. The lowest BCUT2D eigenvalue weighted by molar-refractivity contribution is 0.594. The molecule has 0 fully saturated rings. The fraction of sp³-hybridized carbons (Fsp3) is 0. The maximum atomic E-state index is 14.9. The first-order chi connectivity index (χ1) is 14.7. The van der Waals surface area contributed by atoms with Crippen LogP contribution in [0.25, 0.3) is 16.7 Å². The number of halogens is 2. The Morgan fingerprint density at radius 1 is 0.667 bits per heavy atom. The van der Waals surface area contributed by atoms with Crippen LogP contribution in [0.4, 0.5) is 8.78 Å². The summed E-state index contributed by atoms with van der Waals surface area (Å²) in [7, 11) is -1.10. The molecule has 0 saturated carbocycles. The van der Waals surface area contributed by atoms with Crippen molar-refractivity contribution in [2.75, 3.05) is 0 Å². The second-order valence-corrected chi connectivity index (χ2v) is 8.94. The lowest BCUT2D eigenvalue weighted by atomic mass is 10.2. The smallest absolute Gasteiger partial charge is 0.147 e. The molecule has 0 N–H and O–H groups in total. The van der Waals surface area contributed by atoms with E-state index < -0.39 is 19.6 Å². The highest BCUT2D eigenvalue weighted by molar-refractivity contribution is 7.79. The molecule has 0 bridgehead atoms. The maximum Gasteiger partial charge on any atom is 0.147 e. The van der Waals surface area contributed by atoms with Crippen LogP contribution in [-0.2, 0) is 0 Å². The van der Waals surface area contributed by atoms with Crippen molar-refractivity contribution >= 4 is 35.1 Å². The highest BCUT2D eigenvalue weighted by Crippen LogP contribution is 2.35. The van der Waals surface area contributed by atoms with Gasteiger partial charge in [-0.15, -0.1) is 0 Å². The third kappa shape index (κ3) is 3.30. The van der Waals surface area contributed by atoms with Crippen LogP contribution in [0.1, 0.15) is 0 Å². The number of para-hydroxylation sites is 2. The Hall–Kier alpha value is -3.36. The van der Waals surface area contributed by atoms with Crippen molar-refractivity contribution in [3.8, 4) is 5.69 Å². The second-order valence-electron chi connectivity index (χ2n) is 6.84. The molecule has 4 aromatic carbocycles. The molecule has 0 radical (unpaired) electrons. The summed E-state index contributed by atoms with van der Waals surface area (Å²) in [4.78, 5) is 4.92. The van der Waals surface area contributed by atoms with Gasteiger partial charge in [-0.05, 0) is 34.9 Å². The van der Waals surface area contributed by atoms with Gasteiger partial charge in [0.25, 0.3) is 0 Å². The Labute approximate surface area is 174 Å². The Kier molecular flexibility index (Phi) is 4.86. The van der Waals surface area contributed by atoms with E-state index in [4.69, 9.17) is 4.98 Å². The molecule has 146 valence electrons. The fourth-order valence-electron chi connectivity index (χ4n) is 3.59. The van der Waals surface area contributed by atoms with Gasteiger partial charge in [-0.1, -0.05) is 72.8 Å². The summed E-state index contributed by atoms with van der Waals surface area (Å²) in [5, 5.41) is 2.18. The van der Waals surface area contributed by atoms with Crippen LogP contribution in [-0.4, -0.2) is 9.55 Å². The number of rotatable bonds is 4. The zero-order valence-corrected chi connectivity index (χ0v) is 16.8. The molecule has 5 rings (SSSR count). The summed E-state index contributed by atoms with van der Waals surface area (Å²) in [5.74, 6) is -0.976. The second kappa shape index (κ2) is 7.81. The molecular formula is C25H17F2N2P. The first kappa shape index (κ1) is 18.7. The van der Waals surface area contributed by atoms with E-state index in [0.717, 1.165) is 33.8 Å². The van der Waals surface area contributed by atoms with Crippen LogP contribution in [0.2, 0.25) is 0 Å². The number of imidazole rings is 1. The molecule has 2 nitrogen and oxygen atoms in total. The van der Waals surface area contributed by atoms with Crippen LogP contribution in [0.15, 0.2) is 103 Å². The monoisotopic (exact) mass is 414 g/mol. The molecule has 1 heterocycles. The van der Waals surface area contributed by atoms with Gasteiger partial charge in [0, 0.05) is 14.0 Å². The summed E-state index contributed by atoms with van der Waals surface area (Å²) in [6.07, 6.45) is 0. The van der Waals surface area contributed by atoms with Crippen molar-refractivity contribution in [3.05, 3.63) is 115 Å². The highest BCUT2D eigenvalue weighted by atomic mass is 31.1. The first-order valence-corrected chi connectivity index (χ1v) is 10.9. The van der Waals surface area contributed by atoms with Crippen LogP contribution in [0.3, 0.4) is 0 Å². The van der Waals surface area contributed by atoms with Gasteiger partial charge in [0.15, 0.2) is 0 Å². The van der Waals surface area contributed by atoms with Crippen molar-refractivity contribution in [3.63, 3.8) is 0 Å². The van der Waals surface area contributed by atoms with Crippen LogP contribution < -0.4 is 16.2 Å². The van der Waals surface area contributed by atoms with Gasteiger partial charge in [-0.3, -0.25) is 4.57 Å². The van der Waals surface area contributed by atoms with Crippen molar-refractivity contribution in [2.24, 2.45) is 0 Å². The predicted octanol–water partition coefficient (Wildman–Crippen LogP) is 5.06. The Balaban J connectivity index is 1.86. The highest BCUT2D eigenvalue weighted by Gasteiger charge is 2.25. The van der Waals surface area contributed by atoms with Gasteiger partial charge in [0.1, 0.15) is 17.2 Å². The van der Waals surface area contributed by atoms with Gasteiger partial charge in [0.2, 0.25) is 0 Å². The molecule has 0 spiro atoms. The molecule has 5 aromatic rings. The maximum absolute atomic E-state index is 14.9. The predicted molar refractivity (Wildman–Crippen MR) is 120 cm³/mol. The quantitative estimate of drug-likeness (QED) is 0.376. The third-order valence-electron chi connectivity index (χ3n) is 4.92. The fourth-order valence-corrected chi connectivity index (χ4v) is 5.92. The van der Waals surface area contributed by atoms with E-state index in [1.54, 1.807) is 4.57 Å².